The van der Waals surface area contributed by atoms with Gasteiger partial charge in [-0.05, 0) is 6.42 Å². The predicted octanol–water partition coefficient (Wildman–Crippen LogP) is 0.263. The van der Waals surface area contributed by atoms with Gasteiger partial charge in [0.1, 0.15) is 0 Å². The number of rotatable bonds is 5. The Morgan fingerprint density at radius 3 is 2.94 bits per heavy atom. The third-order valence-corrected chi connectivity index (χ3v) is 2.12. The Bertz CT molecular complexity index is 462. The van der Waals surface area contributed by atoms with Crippen molar-refractivity contribution < 1.29 is 9.90 Å². The number of aromatic carboxylic acids is 1. The molecule has 1 N–H and O–H groups in total. The number of aromatic nitrogens is 5. The van der Waals surface area contributed by atoms with Gasteiger partial charge >= 0.3 is 5.97 Å². The van der Waals surface area contributed by atoms with Crippen molar-refractivity contribution in [1.82, 2.24) is 24.5 Å². The van der Waals surface area contributed by atoms with Gasteiger partial charge in [0, 0.05) is 25.5 Å². The van der Waals surface area contributed by atoms with Crippen molar-refractivity contribution >= 4 is 5.97 Å². The summed E-state index contributed by atoms with van der Waals surface area (Å²) in [6, 6.07) is 0. The van der Waals surface area contributed by atoms with Crippen LogP contribution in [-0.2, 0) is 13.1 Å². The van der Waals surface area contributed by atoms with Gasteiger partial charge < -0.3 is 9.67 Å². The molecule has 0 unspecified atom stereocenters. The van der Waals surface area contributed by atoms with E-state index in [4.69, 9.17) is 5.11 Å². The lowest BCUT2D eigenvalue weighted by molar-refractivity contribution is 0.0690. The zero-order chi connectivity index (χ0) is 11.4. The van der Waals surface area contributed by atoms with Gasteiger partial charge in [0.05, 0.1) is 12.5 Å². The van der Waals surface area contributed by atoms with Crippen LogP contribution in [0.5, 0.6) is 0 Å². The van der Waals surface area contributed by atoms with Crippen molar-refractivity contribution in [3.8, 4) is 0 Å². The molecule has 0 saturated heterocycles. The highest BCUT2D eigenvalue weighted by atomic mass is 16.4. The first-order chi connectivity index (χ1) is 7.75. The van der Waals surface area contributed by atoms with E-state index < -0.39 is 5.97 Å². The summed E-state index contributed by atoms with van der Waals surface area (Å²) in [6.07, 6.45) is 7.61. The highest BCUT2D eigenvalue weighted by molar-refractivity contribution is 5.84. The van der Waals surface area contributed by atoms with Crippen molar-refractivity contribution in [2.24, 2.45) is 0 Å². The van der Waals surface area contributed by atoms with E-state index in [-0.39, 0.29) is 5.69 Å². The molecule has 0 spiro atoms. The molecule has 2 aromatic heterocycles. The second-order valence-corrected chi connectivity index (χ2v) is 3.33. The molecular weight excluding hydrogens is 210 g/mol. The van der Waals surface area contributed by atoms with E-state index in [2.05, 4.69) is 15.3 Å². The number of carboxylic acids is 1. The van der Waals surface area contributed by atoms with Gasteiger partial charge in [-0.25, -0.2) is 9.78 Å². The van der Waals surface area contributed by atoms with E-state index in [9.17, 15) is 4.79 Å². The Hall–Kier alpha value is -2.18. The van der Waals surface area contributed by atoms with Crippen LogP contribution in [0.3, 0.4) is 0 Å². The van der Waals surface area contributed by atoms with Crippen molar-refractivity contribution in [2.75, 3.05) is 0 Å². The number of carbonyl (C=O) groups is 1. The second-order valence-electron chi connectivity index (χ2n) is 3.33. The van der Waals surface area contributed by atoms with Gasteiger partial charge in [-0.15, -0.1) is 5.10 Å². The summed E-state index contributed by atoms with van der Waals surface area (Å²) in [5.41, 5.74) is -0.0253. The molecule has 2 rings (SSSR count). The fourth-order valence-corrected chi connectivity index (χ4v) is 1.34. The summed E-state index contributed by atoms with van der Waals surface area (Å²) >= 11 is 0. The Kier molecular flexibility index (Phi) is 2.95. The third-order valence-electron chi connectivity index (χ3n) is 2.12. The molecule has 0 aliphatic rings. The molecule has 0 bridgehead atoms. The standard InChI is InChI=1S/C9H11N5O2/c15-9(16)8-6-14(12-11-8)4-1-3-13-5-2-10-7-13/h2,5-7H,1,3-4H2,(H,15,16). The monoisotopic (exact) mass is 221 g/mol. The molecule has 0 aliphatic carbocycles. The van der Waals surface area contributed by atoms with Crippen LogP contribution in [0.4, 0.5) is 0 Å². The quantitative estimate of drug-likeness (QED) is 0.782. The zero-order valence-corrected chi connectivity index (χ0v) is 8.52. The highest BCUT2D eigenvalue weighted by Crippen LogP contribution is 1.97. The van der Waals surface area contributed by atoms with Crippen LogP contribution < -0.4 is 0 Å². The third kappa shape index (κ3) is 2.44. The molecule has 7 nitrogen and oxygen atoms in total. The van der Waals surface area contributed by atoms with Gasteiger partial charge in [-0.2, -0.15) is 0 Å². The fourth-order valence-electron chi connectivity index (χ4n) is 1.34. The van der Waals surface area contributed by atoms with Gasteiger partial charge in [0.25, 0.3) is 0 Å². The van der Waals surface area contributed by atoms with Gasteiger partial charge in [-0.3, -0.25) is 4.68 Å². The van der Waals surface area contributed by atoms with Crippen LogP contribution in [-0.4, -0.2) is 35.6 Å². The average Bonchev–Trinajstić information content (AvgIpc) is 2.87. The van der Waals surface area contributed by atoms with Gasteiger partial charge in [0.2, 0.25) is 0 Å². The number of aryl methyl sites for hydroxylation is 2. The maximum absolute atomic E-state index is 10.5. The van der Waals surface area contributed by atoms with Crippen molar-refractivity contribution in [3.05, 3.63) is 30.6 Å². The van der Waals surface area contributed by atoms with Crippen molar-refractivity contribution in [3.63, 3.8) is 0 Å². The first-order valence-corrected chi connectivity index (χ1v) is 4.85. The topological polar surface area (TPSA) is 85.8 Å². The molecule has 7 heteroatoms. The van der Waals surface area contributed by atoms with E-state index in [0.29, 0.717) is 6.54 Å². The highest BCUT2D eigenvalue weighted by Gasteiger charge is 2.07. The number of hydrogen-bond donors (Lipinski definition) is 1. The van der Waals surface area contributed by atoms with Crippen LogP contribution in [0.15, 0.2) is 24.9 Å². The van der Waals surface area contributed by atoms with E-state index >= 15 is 0 Å². The van der Waals surface area contributed by atoms with Crippen LogP contribution in [0.1, 0.15) is 16.9 Å². The molecule has 0 fully saturated rings. The molecule has 84 valence electrons. The van der Waals surface area contributed by atoms with Gasteiger partial charge in [0.15, 0.2) is 5.69 Å². The Morgan fingerprint density at radius 1 is 1.44 bits per heavy atom. The van der Waals surface area contributed by atoms with Crippen LogP contribution in [0.25, 0.3) is 0 Å². The minimum atomic E-state index is -1.05. The lowest BCUT2D eigenvalue weighted by atomic mass is 10.4. The molecule has 0 radical (unpaired) electrons. The van der Waals surface area contributed by atoms with Crippen LogP contribution in [0, 0.1) is 0 Å². The molecule has 0 saturated carbocycles. The SMILES string of the molecule is O=C(O)c1cn(CCCn2ccnc2)nn1. The van der Waals surface area contributed by atoms with Crippen molar-refractivity contribution in [1.29, 1.82) is 0 Å². The Labute approximate surface area is 91.3 Å². The number of carboxylic acid groups (broad SMARTS) is 1. The van der Waals surface area contributed by atoms with E-state index in [1.165, 1.54) is 10.9 Å². The molecule has 0 aliphatic heterocycles. The summed E-state index contributed by atoms with van der Waals surface area (Å²) in [5, 5.41) is 15.9. The smallest absolute Gasteiger partial charge is 0.358 e. The molecule has 16 heavy (non-hydrogen) atoms. The summed E-state index contributed by atoms with van der Waals surface area (Å²) in [5.74, 6) is -1.05. The van der Waals surface area contributed by atoms with E-state index in [1.807, 2.05) is 10.8 Å². The van der Waals surface area contributed by atoms with Crippen LogP contribution >= 0.6 is 0 Å². The van der Waals surface area contributed by atoms with E-state index in [0.717, 1.165) is 13.0 Å². The Morgan fingerprint density at radius 2 is 2.31 bits per heavy atom. The number of hydrogen-bond acceptors (Lipinski definition) is 4. The van der Waals surface area contributed by atoms with E-state index in [1.54, 1.807) is 12.5 Å². The molecular formula is C9H11N5O2. The lowest BCUT2D eigenvalue weighted by Gasteiger charge is -2.01. The largest absolute Gasteiger partial charge is 0.476 e. The Balaban J connectivity index is 1.83. The fraction of sp³-hybridized carbons (Fsp3) is 0.333. The summed E-state index contributed by atoms with van der Waals surface area (Å²) in [4.78, 5) is 14.5. The minimum absolute atomic E-state index is 0.0253. The summed E-state index contributed by atoms with van der Waals surface area (Å²) in [7, 11) is 0. The molecule has 2 aromatic rings. The number of nitrogens with zero attached hydrogens (tertiary/aromatic N) is 5. The first-order valence-electron chi connectivity index (χ1n) is 4.85. The molecule has 0 amide bonds. The summed E-state index contributed by atoms with van der Waals surface area (Å²) in [6.45, 7) is 1.46. The maximum atomic E-state index is 10.5. The van der Waals surface area contributed by atoms with Gasteiger partial charge in [-0.1, -0.05) is 5.21 Å². The number of imidazole rings is 1. The van der Waals surface area contributed by atoms with Crippen LogP contribution in [0.2, 0.25) is 0 Å². The molecule has 0 aromatic carbocycles. The minimum Gasteiger partial charge on any atom is -0.476 e. The average molecular weight is 221 g/mol. The second kappa shape index (κ2) is 4.56. The zero-order valence-electron chi connectivity index (χ0n) is 8.52. The summed E-state index contributed by atoms with van der Waals surface area (Å²) < 4.78 is 3.48. The molecule has 2 heterocycles. The maximum Gasteiger partial charge on any atom is 0.358 e. The molecule has 0 atom stereocenters. The van der Waals surface area contributed by atoms with Crippen molar-refractivity contribution in [2.45, 2.75) is 19.5 Å². The first kappa shape index (κ1) is 10.3. The predicted molar refractivity (Wildman–Crippen MR) is 53.8 cm³/mol. The lowest BCUT2D eigenvalue weighted by Crippen LogP contribution is -2.03. The normalized spacial score (nSPS) is 10.5.